The van der Waals surface area contributed by atoms with Gasteiger partial charge in [-0.15, -0.1) is 5.10 Å². The van der Waals surface area contributed by atoms with E-state index in [2.05, 4.69) is 56.8 Å². The maximum atomic E-state index is 11.9. The number of imidazole rings is 1. The molecule has 0 aliphatic heterocycles. The smallest absolute Gasteiger partial charge is 0.221 e. The van der Waals surface area contributed by atoms with Crippen LogP contribution in [-0.4, -0.2) is 42.6 Å². The van der Waals surface area contributed by atoms with Gasteiger partial charge < -0.3 is 10.3 Å². The molecule has 1 aromatic carbocycles. The van der Waals surface area contributed by atoms with Crippen LogP contribution in [0.15, 0.2) is 12.1 Å². The highest BCUT2D eigenvalue weighted by Crippen LogP contribution is 2.17. The number of carbonyl (C=O) groups excluding carboxylic acids is 1. The number of benzene rings is 1. The number of H-pyrrole nitrogens is 1. The van der Waals surface area contributed by atoms with Gasteiger partial charge in [-0.2, -0.15) is 0 Å². The lowest BCUT2D eigenvalue weighted by atomic mass is 10.1. The lowest BCUT2D eigenvalue weighted by Crippen LogP contribution is -2.27. The Morgan fingerprint density at radius 3 is 2.79 bits per heavy atom. The molecule has 2 aromatic heterocycles. The fraction of sp³-hybridized carbons (Fsp3) is 0.438. The van der Waals surface area contributed by atoms with E-state index < -0.39 is 0 Å². The molecule has 3 rings (SSSR count). The van der Waals surface area contributed by atoms with Gasteiger partial charge in [0.1, 0.15) is 11.6 Å². The summed E-state index contributed by atoms with van der Waals surface area (Å²) in [5.41, 5.74) is 4.47. The van der Waals surface area contributed by atoms with Crippen molar-refractivity contribution in [3.8, 4) is 0 Å². The molecule has 0 unspecified atom stereocenters. The first-order chi connectivity index (χ1) is 11.5. The Morgan fingerprint density at radius 1 is 1.25 bits per heavy atom. The summed E-state index contributed by atoms with van der Waals surface area (Å²) in [7, 11) is 0. The standard InChI is InChI=1S/C16H21N7O/c1-10-8-13-14(9-11(10)2)19-15(18-13)4-6-17-16(24)5-7-23-12(3)20-21-22-23/h8-9H,4-7H2,1-3H3,(H,17,24)(H,18,19). The summed E-state index contributed by atoms with van der Waals surface area (Å²) in [6.45, 7) is 7.00. The summed E-state index contributed by atoms with van der Waals surface area (Å²) < 4.78 is 1.61. The zero-order valence-electron chi connectivity index (χ0n) is 14.1. The summed E-state index contributed by atoms with van der Waals surface area (Å²) in [4.78, 5) is 19.8. The number of rotatable bonds is 6. The van der Waals surface area contributed by atoms with Crippen molar-refractivity contribution in [3.05, 3.63) is 34.9 Å². The monoisotopic (exact) mass is 327 g/mol. The topological polar surface area (TPSA) is 101 Å². The highest BCUT2D eigenvalue weighted by Gasteiger charge is 2.07. The fourth-order valence-corrected chi connectivity index (χ4v) is 2.51. The summed E-state index contributed by atoms with van der Waals surface area (Å²) >= 11 is 0. The van der Waals surface area contributed by atoms with Crippen molar-refractivity contribution < 1.29 is 4.79 Å². The number of carbonyl (C=O) groups is 1. The summed E-state index contributed by atoms with van der Waals surface area (Å²) in [5, 5.41) is 14.1. The number of amides is 1. The third-order valence-electron chi connectivity index (χ3n) is 4.09. The van der Waals surface area contributed by atoms with E-state index in [1.54, 1.807) is 4.68 Å². The Hall–Kier alpha value is -2.77. The number of hydrogen-bond donors (Lipinski definition) is 2. The van der Waals surface area contributed by atoms with Crippen LogP contribution in [-0.2, 0) is 17.8 Å². The Kier molecular flexibility index (Phi) is 4.54. The molecular weight excluding hydrogens is 306 g/mol. The first kappa shape index (κ1) is 16.1. The first-order valence-corrected chi connectivity index (χ1v) is 7.98. The van der Waals surface area contributed by atoms with Crippen molar-refractivity contribution in [2.24, 2.45) is 0 Å². The third-order valence-corrected chi connectivity index (χ3v) is 4.09. The van der Waals surface area contributed by atoms with Crippen molar-refractivity contribution in [1.82, 2.24) is 35.5 Å². The van der Waals surface area contributed by atoms with Gasteiger partial charge in [0.25, 0.3) is 0 Å². The number of fused-ring (bicyclic) bond motifs is 1. The molecule has 0 spiro atoms. The number of hydrogen-bond acceptors (Lipinski definition) is 5. The minimum atomic E-state index is -0.0206. The molecule has 0 aliphatic rings. The van der Waals surface area contributed by atoms with Gasteiger partial charge in [-0.1, -0.05) is 0 Å². The highest BCUT2D eigenvalue weighted by atomic mass is 16.1. The summed E-state index contributed by atoms with van der Waals surface area (Å²) in [6, 6.07) is 4.19. The van der Waals surface area contributed by atoms with Crippen molar-refractivity contribution in [1.29, 1.82) is 0 Å². The molecule has 126 valence electrons. The van der Waals surface area contributed by atoms with Crippen molar-refractivity contribution in [2.75, 3.05) is 6.54 Å². The van der Waals surface area contributed by atoms with Crippen LogP contribution in [0.3, 0.4) is 0 Å². The van der Waals surface area contributed by atoms with Crippen molar-refractivity contribution >= 4 is 16.9 Å². The van der Waals surface area contributed by atoms with E-state index in [0.717, 1.165) is 16.9 Å². The van der Waals surface area contributed by atoms with E-state index in [4.69, 9.17) is 0 Å². The largest absolute Gasteiger partial charge is 0.356 e. The lowest BCUT2D eigenvalue weighted by molar-refractivity contribution is -0.121. The Morgan fingerprint density at radius 2 is 2.04 bits per heavy atom. The van der Waals surface area contributed by atoms with Crippen LogP contribution in [0.2, 0.25) is 0 Å². The SMILES string of the molecule is Cc1cc2nc(CCNC(=O)CCn3nnnc3C)[nH]c2cc1C. The van der Waals surface area contributed by atoms with Crippen molar-refractivity contribution in [2.45, 2.75) is 40.2 Å². The normalized spacial score (nSPS) is 11.1. The van der Waals surface area contributed by atoms with Crippen LogP contribution in [0.4, 0.5) is 0 Å². The molecular formula is C16H21N7O. The van der Waals surface area contributed by atoms with Gasteiger partial charge in [0.15, 0.2) is 0 Å². The molecule has 2 heterocycles. The molecule has 0 saturated carbocycles. The minimum absolute atomic E-state index is 0.0206. The van der Waals surface area contributed by atoms with Gasteiger partial charge >= 0.3 is 0 Å². The summed E-state index contributed by atoms with van der Waals surface area (Å²) in [6.07, 6.45) is 1.02. The van der Waals surface area contributed by atoms with Gasteiger partial charge in [-0.3, -0.25) is 4.79 Å². The van der Waals surface area contributed by atoms with Crippen molar-refractivity contribution in [3.63, 3.8) is 0 Å². The Bertz CT molecular complexity index is 826. The highest BCUT2D eigenvalue weighted by molar-refractivity contribution is 5.77. The van der Waals surface area contributed by atoms with Gasteiger partial charge in [-0.25, -0.2) is 9.67 Å². The molecule has 24 heavy (non-hydrogen) atoms. The number of tetrazole rings is 1. The third kappa shape index (κ3) is 3.58. The van der Waals surface area contributed by atoms with Crippen LogP contribution in [0.5, 0.6) is 0 Å². The number of aromatic amines is 1. The van der Waals surface area contributed by atoms with Crippen LogP contribution in [0.1, 0.15) is 29.2 Å². The molecule has 0 aliphatic carbocycles. The lowest BCUT2D eigenvalue weighted by Gasteiger charge is -2.04. The molecule has 8 nitrogen and oxygen atoms in total. The molecule has 3 aromatic rings. The van der Waals surface area contributed by atoms with Gasteiger partial charge in [0, 0.05) is 19.4 Å². The van der Waals surface area contributed by atoms with Crippen LogP contribution < -0.4 is 5.32 Å². The molecule has 0 bridgehead atoms. The van der Waals surface area contributed by atoms with E-state index in [9.17, 15) is 4.79 Å². The van der Waals surface area contributed by atoms with Crippen LogP contribution in [0, 0.1) is 20.8 Å². The molecule has 0 radical (unpaired) electrons. The second-order valence-electron chi connectivity index (χ2n) is 5.94. The number of aryl methyl sites for hydroxylation is 4. The van der Waals surface area contributed by atoms with E-state index >= 15 is 0 Å². The first-order valence-electron chi connectivity index (χ1n) is 7.98. The summed E-state index contributed by atoms with van der Waals surface area (Å²) in [5.74, 6) is 1.56. The molecule has 0 atom stereocenters. The van der Waals surface area contributed by atoms with E-state index in [1.165, 1.54) is 11.1 Å². The van der Waals surface area contributed by atoms with E-state index in [-0.39, 0.29) is 5.91 Å². The quantitative estimate of drug-likeness (QED) is 0.709. The molecule has 1 amide bonds. The van der Waals surface area contributed by atoms with Gasteiger partial charge in [0.2, 0.25) is 5.91 Å². The predicted octanol–water partition coefficient (Wildman–Crippen LogP) is 1.22. The molecule has 0 fully saturated rings. The van der Waals surface area contributed by atoms with Crippen LogP contribution >= 0.6 is 0 Å². The van der Waals surface area contributed by atoms with E-state index in [1.807, 2.05) is 6.92 Å². The zero-order chi connectivity index (χ0) is 17.1. The average Bonchev–Trinajstić information content (AvgIpc) is 3.11. The zero-order valence-corrected chi connectivity index (χ0v) is 14.1. The second kappa shape index (κ2) is 6.77. The fourth-order valence-electron chi connectivity index (χ4n) is 2.51. The number of nitrogens with zero attached hydrogens (tertiary/aromatic N) is 5. The molecule has 2 N–H and O–H groups in total. The average molecular weight is 327 g/mol. The van der Waals surface area contributed by atoms with Crippen LogP contribution in [0.25, 0.3) is 11.0 Å². The molecule has 8 heteroatoms. The Balaban J connectivity index is 1.49. The van der Waals surface area contributed by atoms with Gasteiger partial charge in [-0.05, 0) is 54.5 Å². The molecule has 0 saturated heterocycles. The number of aromatic nitrogens is 6. The van der Waals surface area contributed by atoms with E-state index in [0.29, 0.717) is 31.8 Å². The second-order valence-corrected chi connectivity index (χ2v) is 5.94. The van der Waals surface area contributed by atoms with Gasteiger partial charge in [0.05, 0.1) is 17.6 Å². The number of nitrogens with one attached hydrogen (secondary N) is 2. The minimum Gasteiger partial charge on any atom is -0.356 e. The maximum absolute atomic E-state index is 11.9. The Labute approximate surface area is 139 Å². The maximum Gasteiger partial charge on any atom is 0.221 e. The predicted molar refractivity (Wildman–Crippen MR) is 89.5 cm³/mol.